The first-order valence-electron chi connectivity index (χ1n) is 4.32. The van der Waals surface area contributed by atoms with E-state index in [1.165, 1.54) is 0 Å². The fourth-order valence-corrected chi connectivity index (χ4v) is 8.38. The molecule has 0 aromatic rings. The van der Waals surface area contributed by atoms with E-state index in [2.05, 4.69) is 0 Å². The summed E-state index contributed by atoms with van der Waals surface area (Å²) in [6, 6.07) is 2.67. The molecule has 0 N–H and O–H groups in total. The SMILES string of the molecule is CC[Si](CC)(CC)CS(=O)(=O)[O-].[K+]. The zero-order valence-corrected chi connectivity index (χ0v) is 13.9. The Morgan fingerprint density at radius 1 is 1.08 bits per heavy atom. The van der Waals surface area contributed by atoms with Gasteiger partial charge in [-0.3, -0.25) is 0 Å². The summed E-state index contributed by atoms with van der Waals surface area (Å²) in [6.45, 7) is 5.97. The standard InChI is InChI=1S/C7H18O3SSi.K/c1-4-12(5-2,6-3)7-11(8,9)10;/h4-7H2,1-3H3,(H,8,9,10);/q;+1/p-1. The van der Waals surface area contributed by atoms with E-state index in [1.807, 2.05) is 20.8 Å². The molecule has 0 aliphatic heterocycles. The third-order valence-corrected chi connectivity index (χ3v) is 11.1. The maximum absolute atomic E-state index is 10.6. The Hall–Kier alpha value is 1.76. The van der Waals surface area contributed by atoms with Gasteiger partial charge in [0.15, 0.2) is 0 Å². The van der Waals surface area contributed by atoms with Crippen LogP contribution in [0.5, 0.6) is 0 Å². The molecule has 0 heterocycles. The van der Waals surface area contributed by atoms with Gasteiger partial charge < -0.3 is 4.55 Å². The quantitative estimate of drug-likeness (QED) is 0.443. The van der Waals surface area contributed by atoms with Gasteiger partial charge in [0.25, 0.3) is 0 Å². The molecule has 0 bridgehead atoms. The average Bonchev–Trinajstić information content (AvgIpc) is 1.99. The Morgan fingerprint density at radius 2 is 1.38 bits per heavy atom. The average molecular weight is 248 g/mol. The predicted octanol–water partition coefficient (Wildman–Crippen LogP) is -1.42. The van der Waals surface area contributed by atoms with Gasteiger partial charge in [0.2, 0.25) is 0 Å². The summed E-state index contributed by atoms with van der Waals surface area (Å²) in [5.41, 5.74) is 0. The molecule has 0 saturated heterocycles. The fourth-order valence-electron chi connectivity index (χ4n) is 1.43. The number of rotatable bonds is 5. The second kappa shape index (κ2) is 7.11. The minimum absolute atomic E-state index is 0. The monoisotopic (exact) mass is 248 g/mol. The van der Waals surface area contributed by atoms with Crippen molar-refractivity contribution in [3.63, 3.8) is 0 Å². The predicted molar refractivity (Wildman–Crippen MR) is 51.8 cm³/mol. The van der Waals surface area contributed by atoms with Crippen LogP contribution in [-0.2, 0) is 10.1 Å². The van der Waals surface area contributed by atoms with Crippen LogP contribution in [0.25, 0.3) is 0 Å². The Balaban J connectivity index is 0. The molecule has 6 heteroatoms. The third kappa shape index (κ3) is 6.78. The Bertz CT molecular complexity index is 216. The molecular formula is C7H17KO3SSi. The van der Waals surface area contributed by atoms with Crippen molar-refractivity contribution in [1.29, 1.82) is 0 Å². The molecule has 0 atom stereocenters. The van der Waals surface area contributed by atoms with Gasteiger partial charge in [0.1, 0.15) is 0 Å². The van der Waals surface area contributed by atoms with Crippen LogP contribution in [-0.4, -0.2) is 26.4 Å². The fraction of sp³-hybridized carbons (Fsp3) is 1.00. The second-order valence-electron chi connectivity index (χ2n) is 3.26. The van der Waals surface area contributed by atoms with Crippen LogP contribution in [0, 0.1) is 0 Å². The van der Waals surface area contributed by atoms with E-state index in [0.29, 0.717) is 0 Å². The minimum Gasteiger partial charge on any atom is -0.748 e. The second-order valence-corrected chi connectivity index (χ2v) is 10.7. The van der Waals surface area contributed by atoms with Crippen LogP contribution in [0.3, 0.4) is 0 Å². The van der Waals surface area contributed by atoms with Gasteiger partial charge in [-0.1, -0.05) is 38.9 Å². The first kappa shape index (κ1) is 17.2. The maximum atomic E-state index is 10.6. The summed E-state index contributed by atoms with van der Waals surface area (Å²) in [5.74, 6) is 0. The molecular weight excluding hydrogens is 231 g/mol. The summed E-state index contributed by atoms with van der Waals surface area (Å²) >= 11 is 0. The molecule has 0 aromatic carbocycles. The summed E-state index contributed by atoms with van der Waals surface area (Å²) in [4.78, 5) is 0. The van der Waals surface area contributed by atoms with E-state index in [0.717, 1.165) is 18.1 Å². The molecule has 0 aliphatic carbocycles. The van der Waals surface area contributed by atoms with Crippen LogP contribution in [0.2, 0.25) is 18.1 Å². The molecule has 0 unspecified atom stereocenters. The van der Waals surface area contributed by atoms with Crippen molar-refractivity contribution in [2.24, 2.45) is 0 Å². The van der Waals surface area contributed by atoms with Crippen LogP contribution >= 0.6 is 0 Å². The van der Waals surface area contributed by atoms with Gasteiger partial charge in [0.05, 0.1) is 18.2 Å². The van der Waals surface area contributed by atoms with Crippen molar-refractivity contribution in [1.82, 2.24) is 0 Å². The molecule has 74 valence electrons. The number of hydrogen-bond donors (Lipinski definition) is 0. The zero-order valence-electron chi connectivity index (χ0n) is 8.96. The molecule has 0 amide bonds. The molecule has 0 fully saturated rings. The van der Waals surface area contributed by atoms with Crippen LogP contribution < -0.4 is 51.4 Å². The van der Waals surface area contributed by atoms with E-state index in [1.54, 1.807) is 0 Å². The van der Waals surface area contributed by atoms with Gasteiger partial charge in [-0.05, 0) is 0 Å². The smallest absolute Gasteiger partial charge is 0.748 e. The summed E-state index contributed by atoms with van der Waals surface area (Å²) in [6.07, 6.45) is 0. The number of hydrogen-bond acceptors (Lipinski definition) is 3. The molecule has 0 saturated carbocycles. The van der Waals surface area contributed by atoms with Crippen molar-refractivity contribution in [3.05, 3.63) is 0 Å². The topological polar surface area (TPSA) is 57.2 Å². The normalized spacial score (nSPS) is 12.3. The Kier molecular flexibility index (Phi) is 9.38. The first-order valence-corrected chi connectivity index (χ1v) is 8.73. The van der Waals surface area contributed by atoms with Gasteiger partial charge in [0, 0.05) is 5.38 Å². The van der Waals surface area contributed by atoms with E-state index < -0.39 is 18.2 Å². The summed E-state index contributed by atoms with van der Waals surface area (Å²) in [7, 11) is -5.76. The van der Waals surface area contributed by atoms with Gasteiger partial charge in [-0.25, -0.2) is 8.42 Å². The van der Waals surface area contributed by atoms with E-state index in [4.69, 9.17) is 0 Å². The van der Waals surface area contributed by atoms with Gasteiger partial charge in [-0.2, -0.15) is 0 Å². The first-order chi connectivity index (χ1) is 5.39. The Morgan fingerprint density at radius 3 is 1.46 bits per heavy atom. The van der Waals surface area contributed by atoms with Crippen LogP contribution in [0.4, 0.5) is 0 Å². The largest absolute Gasteiger partial charge is 1.00 e. The molecule has 0 spiro atoms. The van der Waals surface area contributed by atoms with Crippen molar-refractivity contribution < 1.29 is 64.4 Å². The molecule has 3 nitrogen and oxygen atoms in total. The van der Waals surface area contributed by atoms with Crippen molar-refractivity contribution in [2.75, 3.05) is 5.38 Å². The van der Waals surface area contributed by atoms with Gasteiger partial charge in [-0.15, -0.1) is 0 Å². The van der Waals surface area contributed by atoms with Gasteiger partial charge >= 0.3 is 51.4 Å². The molecule has 13 heavy (non-hydrogen) atoms. The van der Waals surface area contributed by atoms with E-state index >= 15 is 0 Å². The van der Waals surface area contributed by atoms with E-state index in [-0.39, 0.29) is 56.8 Å². The molecule has 0 rings (SSSR count). The zero-order chi connectivity index (χ0) is 9.83. The van der Waals surface area contributed by atoms with Crippen LogP contribution in [0.15, 0.2) is 0 Å². The summed E-state index contributed by atoms with van der Waals surface area (Å²) in [5, 5.41) is -0.0799. The molecule has 0 aromatic heterocycles. The Labute approximate surface area is 125 Å². The van der Waals surface area contributed by atoms with Crippen LogP contribution in [0.1, 0.15) is 20.8 Å². The van der Waals surface area contributed by atoms with Crippen molar-refractivity contribution in [2.45, 2.75) is 38.9 Å². The third-order valence-electron chi connectivity index (χ3n) is 2.73. The molecule has 0 aliphatic rings. The minimum atomic E-state index is -4.01. The summed E-state index contributed by atoms with van der Waals surface area (Å²) < 4.78 is 31.8. The van der Waals surface area contributed by atoms with Crippen molar-refractivity contribution in [3.8, 4) is 0 Å². The molecule has 0 radical (unpaired) electrons. The maximum Gasteiger partial charge on any atom is 1.00 e. The van der Waals surface area contributed by atoms with E-state index in [9.17, 15) is 13.0 Å². The van der Waals surface area contributed by atoms with Crippen molar-refractivity contribution >= 4 is 18.2 Å².